The second kappa shape index (κ2) is 32.1. The molecule has 0 amide bonds. The van der Waals surface area contributed by atoms with Gasteiger partial charge in [-0.1, -0.05) is 77.8 Å². The van der Waals surface area contributed by atoms with Crippen molar-refractivity contribution in [2.24, 2.45) is 4.99 Å². The van der Waals surface area contributed by atoms with Crippen LogP contribution in [-0.4, -0.2) is 54.0 Å². The van der Waals surface area contributed by atoms with Gasteiger partial charge in [0.15, 0.2) is 11.7 Å². The first kappa shape index (κ1) is 48.6. The van der Waals surface area contributed by atoms with E-state index in [0.717, 1.165) is 17.7 Å². The Morgan fingerprint density at radius 1 is 0.956 bits per heavy atom. The molecule has 0 fully saturated rings. The third-order valence-corrected chi connectivity index (χ3v) is 7.09. The average Bonchev–Trinajstić information content (AvgIpc) is 3.01. The molecule has 0 aromatic heterocycles. The van der Waals surface area contributed by atoms with Crippen molar-refractivity contribution < 1.29 is 14.6 Å². The number of nitrogen functional groups attached to an aromatic ring is 1. The molecule has 0 spiro atoms. The van der Waals surface area contributed by atoms with Gasteiger partial charge in [0, 0.05) is 43.4 Å². The molecule has 0 aliphatic carbocycles. The van der Waals surface area contributed by atoms with Gasteiger partial charge in [-0.2, -0.15) is 0 Å². The number of carbonyl (C=O) groups excluding carboxylic acids is 1. The summed E-state index contributed by atoms with van der Waals surface area (Å²) in [5.74, 6) is 0.651. The van der Waals surface area contributed by atoms with Crippen LogP contribution in [0.5, 0.6) is 5.75 Å². The molecule has 6 heteroatoms. The number of Topliss-reactive ketones (excluding diaryl/α,β-unsaturated/α-hetero) is 1. The number of terminal acetylenes is 1. The lowest BCUT2D eigenvalue weighted by Gasteiger charge is -2.37. The molecular weight excluding hydrogens is 558 g/mol. The zero-order valence-electron chi connectivity index (χ0n) is 31.1. The van der Waals surface area contributed by atoms with Gasteiger partial charge in [-0.3, -0.25) is 14.7 Å². The van der Waals surface area contributed by atoms with E-state index in [2.05, 4.69) is 98.2 Å². The third-order valence-electron chi connectivity index (χ3n) is 7.09. The molecule has 0 aliphatic heterocycles. The van der Waals surface area contributed by atoms with E-state index in [1.54, 1.807) is 20.0 Å². The fourth-order valence-electron chi connectivity index (χ4n) is 4.01. The number of phenolic OH excluding ortho intramolecular Hbond substituents is 1. The summed E-state index contributed by atoms with van der Waals surface area (Å²) in [5.41, 5.74) is 9.92. The van der Waals surface area contributed by atoms with Gasteiger partial charge in [0.2, 0.25) is 0 Å². The Hall–Kier alpha value is -3.30. The molecule has 1 rings (SSSR count). The van der Waals surface area contributed by atoms with E-state index in [9.17, 15) is 4.79 Å². The van der Waals surface area contributed by atoms with Crippen LogP contribution in [0.2, 0.25) is 0 Å². The van der Waals surface area contributed by atoms with E-state index in [0.29, 0.717) is 23.8 Å². The number of anilines is 1. The van der Waals surface area contributed by atoms with E-state index >= 15 is 0 Å². The Kier molecular flexibility index (Phi) is 34.7. The Balaban J connectivity index is -0.000000256. The number of nitrogens with zero attached hydrogens (tertiary/aromatic N) is 2. The smallest absolute Gasteiger partial charge is 0.180 e. The van der Waals surface area contributed by atoms with Crippen molar-refractivity contribution in [3.8, 4) is 18.6 Å². The number of ether oxygens (including phenoxy) is 1. The lowest BCUT2D eigenvalue weighted by Crippen LogP contribution is -2.43. The molecule has 3 N–H and O–H groups in total. The number of carbonyl (C=O) groups is 1. The van der Waals surface area contributed by atoms with Crippen molar-refractivity contribution in [3.05, 3.63) is 59.7 Å². The summed E-state index contributed by atoms with van der Waals surface area (Å²) < 4.78 is 5.12. The first-order chi connectivity index (χ1) is 21.2. The van der Waals surface area contributed by atoms with Crippen molar-refractivity contribution in [3.63, 3.8) is 0 Å². The topological polar surface area (TPSA) is 88.1 Å². The minimum Gasteiger partial charge on any atom is -0.508 e. The van der Waals surface area contributed by atoms with Gasteiger partial charge in [0.25, 0.3) is 0 Å². The van der Waals surface area contributed by atoms with Gasteiger partial charge >= 0.3 is 0 Å². The van der Waals surface area contributed by atoms with Crippen molar-refractivity contribution in [1.82, 2.24) is 4.90 Å². The predicted molar refractivity (Wildman–Crippen MR) is 201 cm³/mol. The summed E-state index contributed by atoms with van der Waals surface area (Å²) >= 11 is 0. The quantitative estimate of drug-likeness (QED) is 0.0407. The molecule has 1 aromatic carbocycles. The van der Waals surface area contributed by atoms with Gasteiger partial charge in [-0.15, -0.1) is 12.8 Å². The normalized spacial score (nSPS) is 10.1. The minimum absolute atomic E-state index is 0.0764. The highest BCUT2D eigenvalue weighted by Gasteiger charge is 2.22. The third kappa shape index (κ3) is 26.8. The van der Waals surface area contributed by atoms with Crippen LogP contribution in [0.4, 0.5) is 5.69 Å². The Labute approximate surface area is 278 Å². The Bertz CT molecular complexity index is 978. The lowest BCUT2D eigenvalue weighted by atomic mass is 10.00. The number of benzene rings is 1. The van der Waals surface area contributed by atoms with Crippen LogP contribution in [0, 0.1) is 12.8 Å². The number of rotatable bonds is 14. The van der Waals surface area contributed by atoms with E-state index in [4.69, 9.17) is 15.6 Å². The molecule has 6 nitrogen and oxygen atoms in total. The van der Waals surface area contributed by atoms with Crippen molar-refractivity contribution in [2.75, 3.05) is 25.9 Å². The summed E-state index contributed by atoms with van der Waals surface area (Å²) in [5, 5.41) is 8.93. The molecule has 0 heterocycles. The van der Waals surface area contributed by atoms with Crippen LogP contribution >= 0.6 is 0 Å². The van der Waals surface area contributed by atoms with Crippen LogP contribution in [0.3, 0.4) is 0 Å². The van der Waals surface area contributed by atoms with Gasteiger partial charge < -0.3 is 15.6 Å². The summed E-state index contributed by atoms with van der Waals surface area (Å²) in [6.07, 6.45) is 19.0. The monoisotopic (exact) mass is 628 g/mol. The Morgan fingerprint density at radius 2 is 1.44 bits per heavy atom. The average molecular weight is 628 g/mol. The van der Waals surface area contributed by atoms with Gasteiger partial charge in [0.05, 0.1) is 0 Å². The maximum Gasteiger partial charge on any atom is 0.180 e. The number of hydrogen-bond donors (Lipinski definition) is 2. The van der Waals surface area contributed by atoms with Gasteiger partial charge in [-0.05, 0) is 91.0 Å². The summed E-state index contributed by atoms with van der Waals surface area (Å²) in [6.45, 7) is 32.3. The van der Waals surface area contributed by atoms with Crippen LogP contribution in [0.1, 0.15) is 131 Å². The van der Waals surface area contributed by atoms with Crippen molar-refractivity contribution in [1.29, 1.82) is 0 Å². The molecule has 0 radical (unpaired) electrons. The summed E-state index contributed by atoms with van der Waals surface area (Å²) in [7, 11) is 1.69. The number of phenols is 1. The zero-order chi connectivity index (χ0) is 36.0. The molecule has 0 aliphatic rings. The highest BCUT2D eigenvalue weighted by Crippen LogP contribution is 2.20. The van der Waals surface area contributed by atoms with Crippen LogP contribution < -0.4 is 5.73 Å². The van der Waals surface area contributed by atoms with Gasteiger partial charge in [-0.25, -0.2) is 0 Å². The van der Waals surface area contributed by atoms with Crippen LogP contribution in [0.25, 0.3) is 0 Å². The minimum atomic E-state index is -0.0949. The zero-order valence-corrected chi connectivity index (χ0v) is 31.1. The van der Waals surface area contributed by atoms with Crippen LogP contribution in [-0.2, 0) is 4.74 Å². The lowest BCUT2D eigenvalue weighted by molar-refractivity contribution is 0.101. The van der Waals surface area contributed by atoms with Crippen molar-refractivity contribution >= 4 is 17.4 Å². The summed E-state index contributed by atoms with van der Waals surface area (Å²) in [4.78, 5) is 17.4. The maximum absolute atomic E-state index is 10.8. The highest BCUT2D eigenvalue weighted by molar-refractivity contribution is 5.99. The molecule has 0 atom stereocenters. The molecule has 0 saturated heterocycles. The van der Waals surface area contributed by atoms with Crippen LogP contribution in [0.15, 0.2) is 59.1 Å². The second-order valence-electron chi connectivity index (χ2n) is 11.2. The van der Waals surface area contributed by atoms with E-state index in [1.807, 2.05) is 0 Å². The van der Waals surface area contributed by atoms with E-state index in [1.165, 1.54) is 87.8 Å². The standard InChI is InChI=1S/C15H33N.C8H9NO2.C8H13NO.C6H12.C2H2/c1-6-11-15(12-7-2)16(13-8-3)14(9-4)10-5;1-5(10)7-3-2-6(11)4-8(7)9;1-5-7(2)6-10-8(3)9-4;1-5(2)6(3)4;1-2/h14-15H,6-13H2,1-5H3;2-4,11H,9H2,1H3;5H,1-2,6H2,3-4H3;1-4H3;1-2H. The first-order valence-electron chi connectivity index (χ1n) is 16.4. The molecular formula is C39H69N3O3. The first-order valence-corrected chi connectivity index (χ1v) is 16.4. The molecule has 0 unspecified atom stereocenters. The number of aliphatic imine (C=N–C) groups is 1. The molecule has 45 heavy (non-hydrogen) atoms. The largest absolute Gasteiger partial charge is 0.508 e. The fourth-order valence-corrected chi connectivity index (χ4v) is 4.01. The number of aromatic hydroxyl groups is 1. The fraction of sp³-hybridized carbons (Fsp3) is 0.590. The number of ketones is 1. The maximum atomic E-state index is 10.8. The summed E-state index contributed by atoms with van der Waals surface area (Å²) in [6, 6.07) is 5.94. The highest BCUT2D eigenvalue weighted by atomic mass is 16.5. The van der Waals surface area contributed by atoms with E-state index < -0.39 is 0 Å². The van der Waals surface area contributed by atoms with E-state index in [-0.39, 0.29) is 11.5 Å². The molecule has 0 saturated carbocycles. The number of hydrogen-bond acceptors (Lipinski definition) is 6. The predicted octanol–water partition coefficient (Wildman–Crippen LogP) is 10.4. The Morgan fingerprint density at radius 3 is 1.76 bits per heavy atom. The van der Waals surface area contributed by atoms with Gasteiger partial charge in [0.1, 0.15) is 12.4 Å². The number of nitrogens with two attached hydrogens (primary N) is 1. The number of allylic oxidation sites excluding steroid dienone is 2. The SMILES string of the molecule is C#C.C=CC(=C)COC(C)=NC.CC(=O)c1ccc(O)cc1N.CC(C)=C(C)C.CCCC(CCC)N(CCC)C(CC)CC. The molecule has 1 aromatic rings. The molecule has 0 bridgehead atoms. The molecule has 258 valence electrons. The van der Waals surface area contributed by atoms with Crippen molar-refractivity contribution in [2.45, 2.75) is 133 Å². The second-order valence-corrected chi connectivity index (χ2v) is 11.2.